The minimum atomic E-state index is -0.575. The Kier molecular flexibility index (Phi) is 5.41. The van der Waals surface area contributed by atoms with Gasteiger partial charge < -0.3 is 11.5 Å². The molecular formula is C16H15Cl2N3O. The summed E-state index contributed by atoms with van der Waals surface area (Å²) >= 11 is 12.2. The SMILES string of the molecule is NC(N)=NC(=O)[C@H](Cc1cccc(Cl)c1)c1ccccc1Cl. The average molecular weight is 336 g/mol. The second kappa shape index (κ2) is 7.29. The number of amides is 1. The van der Waals surface area contributed by atoms with Crippen molar-refractivity contribution in [2.24, 2.45) is 16.5 Å². The number of carbonyl (C=O) groups is 1. The predicted molar refractivity (Wildman–Crippen MR) is 90.2 cm³/mol. The average Bonchev–Trinajstić information content (AvgIpc) is 2.45. The molecule has 0 aliphatic carbocycles. The highest BCUT2D eigenvalue weighted by molar-refractivity contribution is 6.31. The number of benzene rings is 2. The van der Waals surface area contributed by atoms with Gasteiger partial charge in [-0.25, -0.2) is 0 Å². The first-order valence-electron chi connectivity index (χ1n) is 6.59. The van der Waals surface area contributed by atoms with Gasteiger partial charge in [-0.3, -0.25) is 4.79 Å². The number of nitrogens with two attached hydrogens (primary N) is 2. The van der Waals surface area contributed by atoms with E-state index >= 15 is 0 Å². The topological polar surface area (TPSA) is 81.5 Å². The largest absolute Gasteiger partial charge is 0.370 e. The van der Waals surface area contributed by atoms with Crippen LogP contribution in [0.4, 0.5) is 0 Å². The first kappa shape index (κ1) is 16.3. The van der Waals surface area contributed by atoms with Crippen LogP contribution in [-0.2, 0) is 11.2 Å². The Bertz CT molecular complexity index is 712. The Balaban J connectivity index is 2.40. The number of hydrogen-bond donors (Lipinski definition) is 2. The van der Waals surface area contributed by atoms with E-state index in [1.54, 1.807) is 30.3 Å². The van der Waals surface area contributed by atoms with Gasteiger partial charge in [-0.2, -0.15) is 4.99 Å². The molecule has 0 spiro atoms. The molecule has 22 heavy (non-hydrogen) atoms. The molecule has 0 aliphatic heterocycles. The third-order valence-corrected chi connectivity index (χ3v) is 3.73. The fraction of sp³-hybridized carbons (Fsp3) is 0.125. The summed E-state index contributed by atoms with van der Waals surface area (Å²) in [5.41, 5.74) is 12.2. The van der Waals surface area contributed by atoms with Crippen LogP contribution in [0, 0.1) is 0 Å². The van der Waals surface area contributed by atoms with E-state index < -0.39 is 11.8 Å². The number of aliphatic imine (C=N–C) groups is 1. The van der Waals surface area contributed by atoms with Crippen molar-refractivity contribution in [3.63, 3.8) is 0 Å². The number of hydrogen-bond acceptors (Lipinski definition) is 1. The van der Waals surface area contributed by atoms with Gasteiger partial charge in [0.15, 0.2) is 5.96 Å². The van der Waals surface area contributed by atoms with Crippen molar-refractivity contribution >= 4 is 35.1 Å². The molecule has 0 saturated carbocycles. The molecule has 0 heterocycles. The molecule has 1 amide bonds. The third kappa shape index (κ3) is 4.23. The van der Waals surface area contributed by atoms with Gasteiger partial charge in [-0.15, -0.1) is 0 Å². The van der Waals surface area contributed by atoms with Gasteiger partial charge >= 0.3 is 0 Å². The molecule has 0 bridgehead atoms. The van der Waals surface area contributed by atoms with Gasteiger partial charge in [0.05, 0.1) is 5.92 Å². The first-order valence-corrected chi connectivity index (χ1v) is 7.35. The second-order valence-electron chi connectivity index (χ2n) is 4.78. The summed E-state index contributed by atoms with van der Waals surface area (Å²) in [5, 5.41) is 1.10. The van der Waals surface area contributed by atoms with E-state index in [2.05, 4.69) is 4.99 Å². The van der Waals surface area contributed by atoms with Gasteiger partial charge in [-0.05, 0) is 35.7 Å². The fourth-order valence-electron chi connectivity index (χ4n) is 2.19. The summed E-state index contributed by atoms with van der Waals surface area (Å²) in [7, 11) is 0. The van der Waals surface area contributed by atoms with Crippen molar-refractivity contribution in [2.45, 2.75) is 12.3 Å². The maximum Gasteiger partial charge on any atom is 0.256 e. The molecule has 0 radical (unpaired) electrons. The Morgan fingerprint density at radius 1 is 1.09 bits per heavy atom. The Morgan fingerprint density at radius 3 is 2.45 bits per heavy atom. The Morgan fingerprint density at radius 2 is 1.82 bits per heavy atom. The quantitative estimate of drug-likeness (QED) is 0.665. The van der Waals surface area contributed by atoms with Crippen molar-refractivity contribution in [3.05, 3.63) is 69.7 Å². The number of halogens is 2. The fourth-order valence-corrected chi connectivity index (χ4v) is 2.67. The normalized spacial score (nSPS) is 11.7. The van der Waals surface area contributed by atoms with Crippen LogP contribution in [0.1, 0.15) is 17.0 Å². The van der Waals surface area contributed by atoms with Crippen LogP contribution in [0.15, 0.2) is 53.5 Å². The second-order valence-corrected chi connectivity index (χ2v) is 5.63. The molecule has 0 unspecified atom stereocenters. The summed E-state index contributed by atoms with van der Waals surface area (Å²) in [6.07, 6.45) is 0.403. The van der Waals surface area contributed by atoms with Crippen molar-refractivity contribution in [1.29, 1.82) is 0 Å². The van der Waals surface area contributed by atoms with Crippen LogP contribution in [0.5, 0.6) is 0 Å². The van der Waals surface area contributed by atoms with Crippen LogP contribution in [0.3, 0.4) is 0 Å². The number of guanidine groups is 1. The molecule has 0 aromatic heterocycles. The van der Waals surface area contributed by atoms with E-state index in [4.69, 9.17) is 34.7 Å². The molecule has 2 aromatic rings. The summed E-state index contributed by atoms with van der Waals surface area (Å²) in [6.45, 7) is 0. The lowest BCUT2D eigenvalue weighted by molar-refractivity contribution is -0.119. The van der Waals surface area contributed by atoms with E-state index in [1.807, 2.05) is 18.2 Å². The van der Waals surface area contributed by atoms with E-state index in [1.165, 1.54) is 0 Å². The summed E-state index contributed by atoms with van der Waals surface area (Å²) in [4.78, 5) is 16.0. The van der Waals surface area contributed by atoms with Crippen molar-refractivity contribution < 1.29 is 4.79 Å². The highest BCUT2D eigenvalue weighted by Crippen LogP contribution is 2.29. The van der Waals surface area contributed by atoms with Gasteiger partial charge in [0.2, 0.25) is 0 Å². The maximum absolute atomic E-state index is 12.4. The van der Waals surface area contributed by atoms with Crippen LogP contribution < -0.4 is 11.5 Å². The molecule has 0 aliphatic rings. The van der Waals surface area contributed by atoms with Crippen LogP contribution in [-0.4, -0.2) is 11.9 Å². The Labute approximate surface area is 138 Å². The van der Waals surface area contributed by atoms with E-state index in [-0.39, 0.29) is 5.96 Å². The lowest BCUT2D eigenvalue weighted by Crippen LogP contribution is -2.26. The smallest absolute Gasteiger partial charge is 0.256 e. The Hall–Kier alpha value is -2.04. The van der Waals surface area contributed by atoms with Crippen LogP contribution in [0.25, 0.3) is 0 Å². The van der Waals surface area contributed by atoms with Crippen molar-refractivity contribution in [3.8, 4) is 0 Å². The van der Waals surface area contributed by atoms with E-state index in [9.17, 15) is 4.79 Å². The number of rotatable bonds is 4. The maximum atomic E-state index is 12.4. The minimum absolute atomic E-state index is 0.270. The molecule has 4 nitrogen and oxygen atoms in total. The monoisotopic (exact) mass is 335 g/mol. The predicted octanol–water partition coefficient (Wildman–Crippen LogP) is 3.12. The number of nitrogens with zero attached hydrogens (tertiary/aromatic N) is 1. The number of carbonyl (C=O) groups excluding carboxylic acids is 1. The molecule has 2 rings (SSSR count). The molecule has 2 aromatic carbocycles. The summed E-state index contributed by atoms with van der Waals surface area (Å²) in [5.74, 6) is -1.28. The van der Waals surface area contributed by atoms with Gasteiger partial charge in [-0.1, -0.05) is 53.5 Å². The lowest BCUT2D eigenvalue weighted by Gasteiger charge is -2.16. The first-order chi connectivity index (χ1) is 10.5. The molecule has 1 atom stereocenters. The molecule has 6 heteroatoms. The van der Waals surface area contributed by atoms with Crippen LogP contribution >= 0.6 is 23.2 Å². The van der Waals surface area contributed by atoms with Crippen LogP contribution in [0.2, 0.25) is 10.0 Å². The molecule has 114 valence electrons. The third-order valence-electron chi connectivity index (χ3n) is 3.15. The van der Waals surface area contributed by atoms with Gasteiger partial charge in [0.1, 0.15) is 0 Å². The van der Waals surface area contributed by atoms with Crippen molar-refractivity contribution in [1.82, 2.24) is 0 Å². The summed E-state index contributed by atoms with van der Waals surface area (Å²) in [6, 6.07) is 14.4. The summed E-state index contributed by atoms with van der Waals surface area (Å²) < 4.78 is 0. The van der Waals surface area contributed by atoms with Crippen molar-refractivity contribution in [2.75, 3.05) is 0 Å². The molecule has 0 saturated heterocycles. The van der Waals surface area contributed by atoms with E-state index in [0.29, 0.717) is 22.0 Å². The minimum Gasteiger partial charge on any atom is -0.370 e. The lowest BCUT2D eigenvalue weighted by atomic mass is 9.91. The zero-order valence-electron chi connectivity index (χ0n) is 11.7. The standard InChI is InChI=1S/C16H15Cl2N3O/c17-11-5-3-4-10(8-11)9-13(15(22)21-16(19)20)12-6-1-2-7-14(12)18/h1-8,13H,9H2,(H4,19,20,21,22)/t13-/m1/s1. The highest BCUT2D eigenvalue weighted by atomic mass is 35.5. The molecule has 0 fully saturated rings. The van der Waals surface area contributed by atoms with Gasteiger partial charge in [0, 0.05) is 10.0 Å². The zero-order valence-corrected chi connectivity index (χ0v) is 13.2. The highest BCUT2D eigenvalue weighted by Gasteiger charge is 2.23. The van der Waals surface area contributed by atoms with Gasteiger partial charge in [0.25, 0.3) is 5.91 Å². The zero-order chi connectivity index (χ0) is 16.1. The molecular weight excluding hydrogens is 321 g/mol. The van der Waals surface area contributed by atoms with E-state index in [0.717, 1.165) is 5.56 Å². The molecule has 4 N–H and O–H groups in total.